The molecule has 0 N–H and O–H groups in total. The smallest absolute Gasteiger partial charge is 0.0168 e. The summed E-state index contributed by atoms with van der Waals surface area (Å²) in [5.74, 6) is 0.796. The zero-order chi connectivity index (χ0) is 8.27. The molecule has 0 aromatic carbocycles. The summed E-state index contributed by atoms with van der Waals surface area (Å²) >= 11 is 0. The lowest BCUT2D eigenvalue weighted by molar-refractivity contribution is 0.659. The van der Waals surface area contributed by atoms with E-state index in [4.69, 9.17) is 0 Å². The maximum Gasteiger partial charge on any atom is -0.0168 e. The molecule has 0 radical (unpaired) electrons. The molecule has 0 amide bonds. The van der Waals surface area contributed by atoms with E-state index in [1.165, 1.54) is 36.8 Å². The molecule has 1 aliphatic carbocycles. The summed E-state index contributed by atoms with van der Waals surface area (Å²) in [4.78, 5) is 0. The van der Waals surface area contributed by atoms with Crippen molar-refractivity contribution in [3.63, 3.8) is 0 Å². The highest BCUT2D eigenvalue weighted by molar-refractivity contribution is 5.21. The zero-order valence-corrected chi connectivity index (χ0v) is 7.69. The molecule has 1 aliphatic rings. The third-order valence-corrected chi connectivity index (χ3v) is 2.35. The van der Waals surface area contributed by atoms with Crippen LogP contribution < -0.4 is 0 Å². The van der Waals surface area contributed by atoms with Gasteiger partial charge >= 0.3 is 0 Å². The average molecular weight is 150 g/mol. The van der Waals surface area contributed by atoms with Crippen molar-refractivity contribution in [2.75, 3.05) is 0 Å². The van der Waals surface area contributed by atoms with Crippen LogP contribution in [0.5, 0.6) is 0 Å². The highest BCUT2D eigenvalue weighted by Gasteiger charge is 2.15. The first-order chi connectivity index (χ1) is 5.20. The predicted octanol–water partition coefficient (Wildman–Crippen LogP) is 3.70. The molecule has 0 atom stereocenters. The second-order valence-corrected chi connectivity index (χ2v) is 3.78. The summed E-state index contributed by atoms with van der Waals surface area (Å²) in [5, 5.41) is 0. The quantitative estimate of drug-likeness (QED) is 0.526. The van der Waals surface area contributed by atoms with Crippen molar-refractivity contribution in [1.82, 2.24) is 0 Å². The monoisotopic (exact) mass is 150 g/mol. The average Bonchev–Trinajstić information content (AvgIpc) is 2.35. The van der Waals surface area contributed by atoms with Crippen molar-refractivity contribution in [3.8, 4) is 0 Å². The van der Waals surface area contributed by atoms with Crippen LogP contribution in [0.2, 0.25) is 0 Å². The highest BCUT2D eigenvalue weighted by Crippen LogP contribution is 2.30. The molecule has 11 heavy (non-hydrogen) atoms. The van der Waals surface area contributed by atoms with E-state index in [1.54, 1.807) is 0 Å². The molecule has 0 aromatic rings. The summed E-state index contributed by atoms with van der Waals surface area (Å²) in [6.45, 7) is 8.38. The van der Waals surface area contributed by atoms with Gasteiger partial charge in [-0.05, 0) is 32.6 Å². The maximum absolute atomic E-state index is 4.10. The minimum Gasteiger partial charge on any atom is -0.0956 e. The van der Waals surface area contributed by atoms with Gasteiger partial charge in [0.1, 0.15) is 0 Å². The SMILES string of the molecule is C=C(C=C(C)C)C1CCCC1. The molecule has 0 heterocycles. The van der Waals surface area contributed by atoms with Crippen LogP contribution in [0, 0.1) is 5.92 Å². The van der Waals surface area contributed by atoms with Crippen molar-refractivity contribution < 1.29 is 0 Å². The Balaban J connectivity index is 2.47. The molecule has 0 heteroatoms. The number of hydrogen-bond acceptors (Lipinski definition) is 0. The van der Waals surface area contributed by atoms with Crippen LogP contribution in [-0.2, 0) is 0 Å². The summed E-state index contributed by atoms with van der Waals surface area (Å²) in [6.07, 6.45) is 7.77. The van der Waals surface area contributed by atoms with Crippen LogP contribution >= 0.6 is 0 Å². The standard InChI is InChI=1S/C11H18/c1-9(2)8-10(3)11-6-4-5-7-11/h8,11H,3-7H2,1-2H3. The molecule has 0 saturated heterocycles. The van der Waals surface area contributed by atoms with Gasteiger partial charge in [-0.1, -0.05) is 36.6 Å². The molecule has 0 spiro atoms. The number of allylic oxidation sites excluding steroid dienone is 3. The summed E-state index contributed by atoms with van der Waals surface area (Å²) in [5.41, 5.74) is 2.73. The van der Waals surface area contributed by atoms with Crippen molar-refractivity contribution in [2.24, 2.45) is 5.92 Å². The van der Waals surface area contributed by atoms with E-state index in [1.807, 2.05) is 0 Å². The Morgan fingerprint density at radius 2 is 1.82 bits per heavy atom. The normalized spacial score (nSPS) is 18.4. The van der Waals surface area contributed by atoms with Gasteiger partial charge in [0.25, 0.3) is 0 Å². The molecule has 62 valence electrons. The molecule has 0 nitrogen and oxygen atoms in total. The molecule has 1 rings (SSSR count). The van der Waals surface area contributed by atoms with E-state index in [2.05, 4.69) is 26.5 Å². The first kappa shape index (κ1) is 8.58. The fourth-order valence-corrected chi connectivity index (χ4v) is 1.79. The van der Waals surface area contributed by atoms with E-state index < -0.39 is 0 Å². The van der Waals surface area contributed by atoms with Crippen molar-refractivity contribution in [2.45, 2.75) is 39.5 Å². The van der Waals surface area contributed by atoms with Crippen LogP contribution in [0.15, 0.2) is 23.8 Å². The van der Waals surface area contributed by atoms with Gasteiger partial charge in [0.15, 0.2) is 0 Å². The van der Waals surface area contributed by atoms with E-state index >= 15 is 0 Å². The van der Waals surface area contributed by atoms with Gasteiger partial charge in [-0.15, -0.1) is 0 Å². The molecular formula is C11H18. The van der Waals surface area contributed by atoms with E-state index in [0.29, 0.717) is 0 Å². The lowest BCUT2D eigenvalue weighted by Crippen LogP contribution is -1.94. The fraction of sp³-hybridized carbons (Fsp3) is 0.636. The Kier molecular flexibility index (Phi) is 2.92. The van der Waals surface area contributed by atoms with Gasteiger partial charge in [0.2, 0.25) is 0 Å². The van der Waals surface area contributed by atoms with Crippen LogP contribution in [0.25, 0.3) is 0 Å². The van der Waals surface area contributed by atoms with Gasteiger partial charge in [-0.3, -0.25) is 0 Å². The first-order valence-electron chi connectivity index (χ1n) is 4.54. The second kappa shape index (κ2) is 3.75. The largest absolute Gasteiger partial charge is 0.0956 e. The summed E-state index contributed by atoms with van der Waals surface area (Å²) in [6, 6.07) is 0. The first-order valence-corrected chi connectivity index (χ1v) is 4.54. The Morgan fingerprint density at radius 3 is 2.27 bits per heavy atom. The van der Waals surface area contributed by atoms with Gasteiger partial charge in [-0.2, -0.15) is 0 Å². The third-order valence-electron chi connectivity index (χ3n) is 2.35. The topological polar surface area (TPSA) is 0 Å². The summed E-state index contributed by atoms with van der Waals surface area (Å²) < 4.78 is 0. The van der Waals surface area contributed by atoms with Gasteiger partial charge < -0.3 is 0 Å². The zero-order valence-electron chi connectivity index (χ0n) is 7.69. The molecule has 0 unspecified atom stereocenters. The number of rotatable bonds is 2. The number of hydrogen-bond donors (Lipinski definition) is 0. The van der Waals surface area contributed by atoms with E-state index in [0.717, 1.165) is 5.92 Å². The Morgan fingerprint density at radius 1 is 1.27 bits per heavy atom. The minimum atomic E-state index is 0.796. The van der Waals surface area contributed by atoms with Crippen LogP contribution in [0.3, 0.4) is 0 Å². The van der Waals surface area contributed by atoms with Gasteiger partial charge in [0, 0.05) is 0 Å². The lowest BCUT2D eigenvalue weighted by Gasteiger charge is -2.08. The van der Waals surface area contributed by atoms with E-state index in [9.17, 15) is 0 Å². The van der Waals surface area contributed by atoms with Crippen LogP contribution in [0.4, 0.5) is 0 Å². The Labute approximate surface area is 70.0 Å². The van der Waals surface area contributed by atoms with Crippen LogP contribution in [-0.4, -0.2) is 0 Å². The molecule has 1 fully saturated rings. The molecule has 0 aromatic heterocycles. The van der Waals surface area contributed by atoms with Gasteiger partial charge in [0.05, 0.1) is 0 Å². The predicted molar refractivity (Wildman–Crippen MR) is 50.5 cm³/mol. The Bertz CT molecular complexity index is 164. The second-order valence-electron chi connectivity index (χ2n) is 3.78. The molecular weight excluding hydrogens is 132 g/mol. The van der Waals surface area contributed by atoms with Crippen molar-refractivity contribution in [3.05, 3.63) is 23.8 Å². The Hall–Kier alpha value is -0.520. The lowest BCUT2D eigenvalue weighted by atomic mass is 9.97. The van der Waals surface area contributed by atoms with Crippen molar-refractivity contribution in [1.29, 1.82) is 0 Å². The minimum absolute atomic E-state index is 0.796. The van der Waals surface area contributed by atoms with E-state index in [-0.39, 0.29) is 0 Å². The third kappa shape index (κ3) is 2.53. The summed E-state index contributed by atoms with van der Waals surface area (Å²) in [7, 11) is 0. The maximum atomic E-state index is 4.10. The fourth-order valence-electron chi connectivity index (χ4n) is 1.79. The molecule has 1 saturated carbocycles. The van der Waals surface area contributed by atoms with Gasteiger partial charge in [-0.25, -0.2) is 0 Å². The van der Waals surface area contributed by atoms with Crippen LogP contribution in [0.1, 0.15) is 39.5 Å². The molecule has 0 bridgehead atoms. The highest BCUT2D eigenvalue weighted by atomic mass is 14.2. The van der Waals surface area contributed by atoms with Crippen molar-refractivity contribution >= 4 is 0 Å². The molecule has 0 aliphatic heterocycles.